The van der Waals surface area contributed by atoms with E-state index < -0.39 is 6.61 Å². The molecule has 0 aliphatic carbocycles. The van der Waals surface area contributed by atoms with Gasteiger partial charge in [-0.15, -0.1) is 0 Å². The summed E-state index contributed by atoms with van der Waals surface area (Å²) in [4.78, 5) is 23.3. The van der Waals surface area contributed by atoms with E-state index in [0.717, 1.165) is 28.4 Å². The third kappa shape index (κ3) is 4.42. The van der Waals surface area contributed by atoms with E-state index in [2.05, 4.69) is 9.55 Å². The van der Waals surface area contributed by atoms with Crippen molar-refractivity contribution in [3.8, 4) is 11.5 Å². The van der Waals surface area contributed by atoms with Crippen LogP contribution in [-0.2, 0) is 11.3 Å². The van der Waals surface area contributed by atoms with E-state index >= 15 is 0 Å². The van der Waals surface area contributed by atoms with E-state index in [9.17, 15) is 4.79 Å². The number of imidazole rings is 1. The summed E-state index contributed by atoms with van der Waals surface area (Å²) in [7, 11) is 0. The highest BCUT2D eigenvalue weighted by Crippen LogP contribution is 2.42. The Morgan fingerprint density at radius 2 is 2.09 bits per heavy atom. The highest BCUT2D eigenvalue weighted by molar-refractivity contribution is 7.99. The SMILES string of the molecule is Nc1nccc2c1nc(Sc1cc3c(cc1Cl)OCCO3)n2CCC1CCN(C(=O)CO)C1. The van der Waals surface area contributed by atoms with Gasteiger partial charge in [0.1, 0.15) is 25.3 Å². The number of carbonyl (C=O) groups is 1. The predicted octanol–water partition coefficient (Wildman–Crippen LogP) is 2.82. The smallest absolute Gasteiger partial charge is 0.248 e. The number of nitrogens with zero attached hydrogens (tertiary/aromatic N) is 4. The van der Waals surface area contributed by atoms with Gasteiger partial charge in [-0.25, -0.2) is 9.97 Å². The lowest BCUT2D eigenvalue weighted by Crippen LogP contribution is -2.31. The molecule has 1 unspecified atom stereocenters. The van der Waals surface area contributed by atoms with Crippen LogP contribution in [0.4, 0.5) is 5.82 Å². The molecule has 0 saturated carbocycles. The number of likely N-dealkylation sites (tertiary alicyclic amines) is 1. The monoisotopic (exact) mass is 489 g/mol. The van der Waals surface area contributed by atoms with Gasteiger partial charge in [0.25, 0.3) is 0 Å². The number of rotatable bonds is 6. The molecule has 2 aliphatic heterocycles. The molecular weight excluding hydrogens is 466 g/mol. The summed E-state index contributed by atoms with van der Waals surface area (Å²) in [5, 5.41) is 10.4. The Balaban J connectivity index is 1.42. The standard InChI is InChI=1S/C22H24ClN5O4S/c23-14-9-16-17(32-8-7-31-16)10-18(14)33-22-26-20-15(1-4-25-21(20)24)28(22)6-3-13-2-5-27(11-13)19(30)12-29/h1,4,9-10,13,29H,2-3,5-8,11-12H2,(H2,24,25). The maximum absolute atomic E-state index is 11.8. The number of aliphatic hydroxyl groups excluding tert-OH is 1. The fourth-order valence-electron chi connectivity index (χ4n) is 4.27. The number of nitrogen functional groups attached to an aromatic ring is 1. The van der Waals surface area contributed by atoms with Crippen LogP contribution < -0.4 is 15.2 Å². The molecule has 1 fully saturated rings. The van der Waals surface area contributed by atoms with E-state index in [1.54, 1.807) is 17.2 Å². The minimum Gasteiger partial charge on any atom is -0.486 e. The molecule has 1 atom stereocenters. The quantitative estimate of drug-likeness (QED) is 0.543. The largest absolute Gasteiger partial charge is 0.486 e. The summed E-state index contributed by atoms with van der Waals surface area (Å²) >= 11 is 7.99. The van der Waals surface area contributed by atoms with Crippen molar-refractivity contribution in [2.24, 2.45) is 5.92 Å². The van der Waals surface area contributed by atoms with Crippen molar-refractivity contribution >= 4 is 46.1 Å². The first-order valence-electron chi connectivity index (χ1n) is 10.8. The fraction of sp³-hybridized carbons (Fsp3) is 0.409. The molecule has 2 aliphatic rings. The zero-order chi connectivity index (χ0) is 22.9. The average Bonchev–Trinajstić information content (AvgIpc) is 3.43. The van der Waals surface area contributed by atoms with E-state index in [4.69, 9.17) is 36.9 Å². The second-order valence-corrected chi connectivity index (χ2v) is 9.50. The van der Waals surface area contributed by atoms with E-state index in [-0.39, 0.29) is 5.91 Å². The topological polar surface area (TPSA) is 116 Å². The molecule has 5 rings (SSSR count). The first-order chi connectivity index (χ1) is 16.0. The number of hydrogen-bond donors (Lipinski definition) is 2. The van der Waals surface area contributed by atoms with Gasteiger partial charge in [-0.05, 0) is 42.7 Å². The Morgan fingerprint density at radius 1 is 1.30 bits per heavy atom. The lowest BCUT2D eigenvalue weighted by molar-refractivity contribution is -0.133. The highest BCUT2D eigenvalue weighted by atomic mass is 35.5. The third-order valence-corrected chi connectivity index (χ3v) is 7.47. The molecule has 174 valence electrons. The third-order valence-electron chi connectivity index (χ3n) is 5.99. The van der Waals surface area contributed by atoms with E-state index in [0.29, 0.717) is 66.6 Å². The molecule has 1 saturated heterocycles. The molecule has 2 aromatic heterocycles. The van der Waals surface area contributed by atoms with E-state index in [1.807, 2.05) is 12.1 Å². The van der Waals surface area contributed by atoms with Crippen LogP contribution in [0.3, 0.4) is 0 Å². The number of anilines is 1. The summed E-state index contributed by atoms with van der Waals surface area (Å²) < 4.78 is 13.5. The Hall–Kier alpha value is -2.69. The summed E-state index contributed by atoms with van der Waals surface area (Å²) in [5.41, 5.74) is 7.66. The molecular formula is C22H24ClN5O4S. The second kappa shape index (κ2) is 9.28. The van der Waals surface area contributed by atoms with Gasteiger partial charge >= 0.3 is 0 Å². The van der Waals surface area contributed by atoms with Crippen molar-refractivity contribution in [2.75, 3.05) is 38.6 Å². The first-order valence-corrected chi connectivity index (χ1v) is 12.0. The minimum atomic E-state index is -0.442. The molecule has 0 bridgehead atoms. The van der Waals surface area contributed by atoms with Gasteiger partial charge in [-0.2, -0.15) is 0 Å². The Labute approximate surface area is 199 Å². The first kappa shape index (κ1) is 22.1. The Kier molecular flexibility index (Phi) is 6.22. The molecule has 1 amide bonds. The predicted molar refractivity (Wildman–Crippen MR) is 125 cm³/mol. The summed E-state index contributed by atoms with van der Waals surface area (Å²) in [6.07, 6.45) is 3.46. The van der Waals surface area contributed by atoms with Crippen LogP contribution in [0.1, 0.15) is 12.8 Å². The summed E-state index contributed by atoms with van der Waals surface area (Å²) in [5.74, 6) is 1.82. The number of pyridine rings is 1. The van der Waals surface area contributed by atoms with Crippen molar-refractivity contribution in [3.05, 3.63) is 29.4 Å². The summed E-state index contributed by atoms with van der Waals surface area (Å²) in [6.45, 7) is 2.60. The number of hydrogen-bond acceptors (Lipinski definition) is 8. The molecule has 9 nitrogen and oxygen atoms in total. The number of fused-ring (bicyclic) bond motifs is 2. The number of ether oxygens (including phenoxy) is 2. The number of benzene rings is 1. The number of halogens is 1. The van der Waals surface area contributed by atoms with Crippen molar-refractivity contribution < 1.29 is 19.4 Å². The second-order valence-electron chi connectivity index (χ2n) is 8.08. The van der Waals surface area contributed by atoms with Gasteiger partial charge in [-0.3, -0.25) is 4.79 Å². The van der Waals surface area contributed by atoms with Crippen LogP contribution in [0.5, 0.6) is 11.5 Å². The number of aromatic nitrogens is 3. The van der Waals surface area contributed by atoms with Crippen molar-refractivity contribution in [3.63, 3.8) is 0 Å². The van der Waals surface area contributed by atoms with Gasteiger partial charge in [-0.1, -0.05) is 11.6 Å². The minimum absolute atomic E-state index is 0.214. The lowest BCUT2D eigenvalue weighted by atomic mass is 10.1. The molecule has 4 heterocycles. The number of carbonyl (C=O) groups excluding carboxylic acids is 1. The molecule has 3 N–H and O–H groups in total. The van der Waals surface area contributed by atoms with Gasteiger partial charge in [0.2, 0.25) is 5.91 Å². The van der Waals surface area contributed by atoms with Crippen molar-refractivity contribution in [2.45, 2.75) is 29.4 Å². The maximum atomic E-state index is 11.8. The molecule has 0 spiro atoms. The number of nitrogens with two attached hydrogens (primary N) is 1. The van der Waals surface area contributed by atoms with Gasteiger partial charge in [0.05, 0.1) is 10.5 Å². The fourth-order valence-corrected chi connectivity index (χ4v) is 5.50. The van der Waals surface area contributed by atoms with E-state index in [1.165, 1.54) is 11.8 Å². The lowest BCUT2D eigenvalue weighted by Gasteiger charge is -2.19. The zero-order valence-corrected chi connectivity index (χ0v) is 19.4. The van der Waals surface area contributed by atoms with Crippen molar-refractivity contribution in [1.29, 1.82) is 0 Å². The normalized spacial score (nSPS) is 17.6. The Morgan fingerprint density at radius 3 is 2.88 bits per heavy atom. The number of aryl methyl sites for hydroxylation is 1. The molecule has 0 radical (unpaired) electrons. The van der Waals surface area contributed by atoms with Crippen LogP contribution in [0, 0.1) is 5.92 Å². The van der Waals surface area contributed by atoms with Gasteiger partial charge in [0, 0.05) is 36.8 Å². The maximum Gasteiger partial charge on any atom is 0.248 e. The van der Waals surface area contributed by atoms with Gasteiger partial charge < -0.3 is 29.8 Å². The van der Waals surface area contributed by atoms with Crippen LogP contribution >= 0.6 is 23.4 Å². The average molecular weight is 490 g/mol. The summed E-state index contributed by atoms with van der Waals surface area (Å²) in [6, 6.07) is 5.55. The van der Waals surface area contributed by atoms with Gasteiger partial charge in [0.15, 0.2) is 22.5 Å². The Bertz CT molecular complexity index is 1200. The molecule has 3 aromatic rings. The molecule has 11 heteroatoms. The van der Waals surface area contributed by atoms with Crippen LogP contribution in [0.15, 0.2) is 34.4 Å². The zero-order valence-electron chi connectivity index (χ0n) is 17.9. The van der Waals surface area contributed by atoms with Crippen molar-refractivity contribution in [1.82, 2.24) is 19.4 Å². The van der Waals surface area contributed by atoms with Crippen LogP contribution in [-0.4, -0.2) is 63.4 Å². The number of amides is 1. The van der Waals surface area contributed by atoms with Crippen LogP contribution in [0.2, 0.25) is 5.02 Å². The molecule has 1 aromatic carbocycles. The number of aliphatic hydroxyl groups is 1. The molecule has 33 heavy (non-hydrogen) atoms. The van der Waals surface area contributed by atoms with Crippen LogP contribution in [0.25, 0.3) is 11.0 Å². The highest BCUT2D eigenvalue weighted by Gasteiger charge is 2.26.